The molecule has 0 fully saturated rings. The van der Waals surface area contributed by atoms with E-state index < -0.39 is 0 Å². The van der Waals surface area contributed by atoms with Crippen LogP contribution in [-0.4, -0.2) is 59.6 Å². The minimum absolute atomic E-state index is 0.0814. The fourth-order valence-corrected chi connectivity index (χ4v) is 2.61. The highest BCUT2D eigenvalue weighted by Gasteiger charge is 2.19. The Hall–Kier alpha value is -3.86. The highest BCUT2D eigenvalue weighted by Crippen LogP contribution is 2.19. The largest absolute Gasteiger partial charge is 0.461 e. The van der Waals surface area contributed by atoms with E-state index in [-0.39, 0.29) is 24.4 Å². The molecular weight excluding hydrogens is 398 g/mol. The second-order valence-electron chi connectivity index (χ2n) is 6.60. The molecule has 0 saturated carbocycles. The van der Waals surface area contributed by atoms with E-state index in [0.717, 1.165) is 11.9 Å². The summed E-state index contributed by atoms with van der Waals surface area (Å²) in [7, 11) is 1.73. The van der Waals surface area contributed by atoms with E-state index >= 15 is 0 Å². The number of benzene rings is 1. The summed E-state index contributed by atoms with van der Waals surface area (Å²) in [6, 6.07) is 7.12. The number of hydrogen-bond donors (Lipinski definition) is 3. The van der Waals surface area contributed by atoms with Gasteiger partial charge >= 0.3 is 5.97 Å². The number of nitrogens with zero attached hydrogens (tertiary/aromatic N) is 6. The van der Waals surface area contributed by atoms with Crippen LogP contribution in [0.25, 0.3) is 0 Å². The summed E-state index contributed by atoms with van der Waals surface area (Å²) < 4.78 is 5.01. The molecule has 2 aromatic rings. The number of nitrogens with two attached hydrogens (primary N) is 1. The summed E-state index contributed by atoms with van der Waals surface area (Å²) in [5, 5.41) is 13.2. The first-order valence-corrected chi connectivity index (χ1v) is 9.45. The van der Waals surface area contributed by atoms with Crippen molar-refractivity contribution < 1.29 is 9.53 Å². The Morgan fingerprint density at radius 3 is 2.61 bits per heavy atom. The van der Waals surface area contributed by atoms with E-state index in [4.69, 9.17) is 15.9 Å². The normalized spacial score (nSPS) is 12.0. The van der Waals surface area contributed by atoms with Crippen molar-refractivity contribution in [1.82, 2.24) is 20.5 Å². The van der Waals surface area contributed by atoms with E-state index in [9.17, 15) is 4.79 Å². The molecule has 2 rings (SSSR count). The van der Waals surface area contributed by atoms with E-state index in [1.807, 2.05) is 6.92 Å². The van der Waals surface area contributed by atoms with Crippen molar-refractivity contribution in [1.29, 1.82) is 5.41 Å². The molecule has 1 heterocycles. The Bertz CT molecular complexity index is 931. The van der Waals surface area contributed by atoms with Crippen LogP contribution in [0.15, 0.2) is 46.8 Å². The number of hydrazine groups is 1. The van der Waals surface area contributed by atoms with Crippen LogP contribution in [0.2, 0.25) is 0 Å². The number of carbonyl (C=O) groups is 1. The number of ether oxygens (including phenoxy) is 1. The van der Waals surface area contributed by atoms with Crippen molar-refractivity contribution >= 4 is 36.4 Å². The quantitative estimate of drug-likeness (QED) is 0.224. The van der Waals surface area contributed by atoms with Gasteiger partial charge < -0.3 is 10.5 Å². The van der Waals surface area contributed by atoms with Gasteiger partial charge in [-0.1, -0.05) is 12.1 Å². The molecule has 0 aliphatic rings. The predicted octanol–water partition coefficient (Wildman–Crippen LogP) is 1.42. The number of aliphatic imine (C=N–C) groups is 1. The van der Waals surface area contributed by atoms with Crippen LogP contribution >= 0.6 is 0 Å². The first-order valence-electron chi connectivity index (χ1n) is 9.45. The lowest BCUT2D eigenvalue weighted by Crippen LogP contribution is -2.40. The first kappa shape index (κ1) is 23.4. The lowest BCUT2D eigenvalue weighted by Gasteiger charge is -2.23. The van der Waals surface area contributed by atoms with Crippen LogP contribution in [-0.2, 0) is 16.1 Å². The number of nitrogen functional groups attached to an aromatic ring is 1. The molecule has 1 aromatic carbocycles. The summed E-state index contributed by atoms with van der Waals surface area (Å²) in [5.41, 5.74) is 11.0. The van der Waals surface area contributed by atoms with Crippen LogP contribution in [0.4, 0.5) is 11.5 Å². The van der Waals surface area contributed by atoms with E-state index in [2.05, 4.69) is 32.2 Å². The summed E-state index contributed by atoms with van der Waals surface area (Å²) in [4.78, 5) is 25.6. The SMILES string of the molecule is C=NN(C)NC(C)CN=C(c1nccnc1N)N(C=N)c1ccc(COC(C)=O)cc1. The van der Waals surface area contributed by atoms with Gasteiger partial charge in [-0.15, -0.1) is 0 Å². The Labute approximate surface area is 181 Å². The number of aromatic nitrogens is 2. The number of anilines is 2. The van der Waals surface area contributed by atoms with Gasteiger partial charge in [0.1, 0.15) is 12.3 Å². The summed E-state index contributed by atoms with van der Waals surface area (Å²) in [6.07, 6.45) is 4.14. The Morgan fingerprint density at radius 1 is 1.35 bits per heavy atom. The second kappa shape index (κ2) is 11.4. The lowest BCUT2D eigenvalue weighted by atomic mass is 10.2. The molecule has 4 N–H and O–H groups in total. The highest BCUT2D eigenvalue weighted by atomic mass is 16.5. The summed E-state index contributed by atoms with van der Waals surface area (Å²) in [5.74, 6) is 0.221. The molecule has 11 heteroatoms. The average molecular weight is 425 g/mol. The lowest BCUT2D eigenvalue weighted by molar-refractivity contribution is -0.142. The molecule has 1 atom stereocenters. The Morgan fingerprint density at radius 2 is 2.03 bits per heavy atom. The van der Waals surface area contributed by atoms with Crippen molar-refractivity contribution in [3.05, 3.63) is 47.9 Å². The van der Waals surface area contributed by atoms with Crippen molar-refractivity contribution in [2.24, 2.45) is 10.1 Å². The summed E-state index contributed by atoms with van der Waals surface area (Å²) in [6.45, 7) is 7.27. The molecule has 11 nitrogen and oxygen atoms in total. The monoisotopic (exact) mass is 425 g/mol. The van der Waals surface area contributed by atoms with E-state index in [0.29, 0.717) is 23.8 Å². The fourth-order valence-electron chi connectivity index (χ4n) is 2.61. The molecule has 1 unspecified atom stereocenters. The molecule has 31 heavy (non-hydrogen) atoms. The number of carbonyl (C=O) groups excluding carboxylic acids is 1. The summed E-state index contributed by atoms with van der Waals surface area (Å²) >= 11 is 0. The third kappa shape index (κ3) is 6.85. The van der Waals surface area contributed by atoms with Crippen LogP contribution < -0.4 is 16.1 Å². The minimum atomic E-state index is -0.349. The molecule has 1 aromatic heterocycles. The van der Waals surface area contributed by atoms with Crippen LogP contribution in [0.3, 0.4) is 0 Å². The van der Waals surface area contributed by atoms with Crippen LogP contribution in [0.5, 0.6) is 0 Å². The van der Waals surface area contributed by atoms with E-state index in [1.54, 1.807) is 36.2 Å². The molecule has 0 amide bonds. The minimum Gasteiger partial charge on any atom is -0.461 e. The molecule has 0 saturated heterocycles. The second-order valence-corrected chi connectivity index (χ2v) is 6.60. The van der Waals surface area contributed by atoms with Gasteiger partial charge in [0.15, 0.2) is 11.7 Å². The zero-order valence-corrected chi connectivity index (χ0v) is 17.8. The van der Waals surface area contributed by atoms with Gasteiger partial charge in [0.2, 0.25) is 0 Å². The molecule has 164 valence electrons. The zero-order valence-electron chi connectivity index (χ0n) is 17.8. The first-order chi connectivity index (χ1) is 14.8. The zero-order chi connectivity index (χ0) is 22.8. The topological polar surface area (TPSA) is 145 Å². The van der Waals surface area contributed by atoms with Gasteiger partial charge in [0.05, 0.1) is 12.9 Å². The van der Waals surface area contributed by atoms with Gasteiger partial charge in [-0.05, 0) is 24.6 Å². The van der Waals surface area contributed by atoms with Gasteiger partial charge in [-0.3, -0.25) is 20.1 Å². The van der Waals surface area contributed by atoms with Crippen molar-refractivity contribution in [3.8, 4) is 0 Å². The molecular formula is C20H27N9O2. The smallest absolute Gasteiger partial charge is 0.302 e. The van der Waals surface area contributed by atoms with Crippen LogP contribution in [0, 0.1) is 5.41 Å². The number of rotatable bonds is 10. The van der Waals surface area contributed by atoms with Crippen molar-refractivity contribution in [2.45, 2.75) is 26.5 Å². The maximum atomic E-state index is 11.0. The van der Waals surface area contributed by atoms with Gasteiger partial charge in [-0.25, -0.2) is 20.5 Å². The Kier molecular flexibility index (Phi) is 8.58. The fraction of sp³-hybridized carbons (Fsp3) is 0.300. The molecule has 0 bridgehead atoms. The number of hydrogen-bond acceptors (Lipinski definition) is 10. The average Bonchev–Trinajstić information content (AvgIpc) is 2.76. The molecule has 0 radical (unpaired) electrons. The Balaban J connectivity index is 2.35. The van der Waals surface area contributed by atoms with E-state index in [1.165, 1.54) is 24.4 Å². The maximum Gasteiger partial charge on any atom is 0.302 e. The third-order valence-corrected chi connectivity index (χ3v) is 4.09. The van der Waals surface area contributed by atoms with Crippen molar-refractivity contribution in [2.75, 3.05) is 24.2 Å². The maximum absolute atomic E-state index is 11.0. The number of nitrogens with one attached hydrogen (secondary N) is 2. The highest BCUT2D eigenvalue weighted by molar-refractivity contribution is 6.19. The molecule has 0 aliphatic carbocycles. The molecule has 0 spiro atoms. The third-order valence-electron chi connectivity index (χ3n) is 4.09. The van der Waals surface area contributed by atoms with Gasteiger partial charge in [0.25, 0.3) is 0 Å². The predicted molar refractivity (Wildman–Crippen MR) is 121 cm³/mol. The van der Waals surface area contributed by atoms with Crippen molar-refractivity contribution in [3.63, 3.8) is 0 Å². The van der Waals surface area contributed by atoms with Gasteiger partial charge in [0, 0.05) is 44.8 Å². The van der Waals surface area contributed by atoms with Crippen LogP contribution in [0.1, 0.15) is 25.1 Å². The molecule has 0 aliphatic heterocycles. The number of amidine groups is 1. The number of hydrazone groups is 1. The standard InChI is InChI=1S/C20H27N9O2/c1-14(27-28(4)23-3)11-26-20(18-19(22)25-10-9-24-18)29(13-21)17-7-5-16(6-8-17)12-31-15(2)30/h5-10,13-14,21,27H,3,11-12H2,1-2,4H3,(H2,22,25). The number of esters is 1. The van der Waals surface area contributed by atoms with Gasteiger partial charge in [-0.2, -0.15) is 5.10 Å².